The van der Waals surface area contributed by atoms with E-state index in [1.165, 1.54) is 0 Å². The van der Waals surface area contributed by atoms with E-state index in [4.69, 9.17) is 5.11 Å². The third-order valence-corrected chi connectivity index (χ3v) is 4.15. The van der Waals surface area contributed by atoms with Crippen LogP contribution in [0.1, 0.15) is 25.7 Å². The molecule has 0 spiro atoms. The molecule has 0 bridgehead atoms. The van der Waals surface area contributed by atoms with Gasteiger partial charge in [-0.1, -0.05) is 12.2 Å². The summed E-state index contributed by atoms with van der Waals surface area (Å²) in [6.07, 6.45) is 8.51. The summed E-state index contributed by atoms with van der Waals surface area (Å²) in [5.41, 5.74) is 0. The summed E-state index contributed by atoms with van der Waals surface area (Å²) in [6.45, 7) is 3.47. The molecular weight excluding hydrogens is 270 g/mol. The van der Waals surface area contributed by atoms with Gasteiger partial charge in [0.25, 0.3) is 0 Å². The zero-order valence-corrected chi connectivity index (χ0v) is 12.5. The van der Waals surface area contributed by atoms with Gasteiger partial charge in [-0.25, -0.2) is 4.79 Å². The first-order valence-corrected chi connectivity index (χ1v) is 7.77. The van der Waals surface area contributed by atoms with Crippen LogP contribution in [0.5, 0.6) is 0 Å². The Labute approximate surface area is 125 Å². The molecule has 1 fully saturated rings. The number of urea groups is 1. The van der Waals surface area contributed by atoms with Crippen LogP contribution in [0, 0.1) is 5.92 Å². The van der Waals surface area contributed by atoms with Crippen LogP contribution in [0.25, 0.3) is 0 Å². The first-order chi connectivity index (χ1) is 10.1. The predicted molar refractivity (Wildman–Crippen MR) is 80.1 cm³/mol. The van der Waals surface area contributed by atoms with Crippen molar-refractivity contribution < 1.29 is 14.7 Å². The maximum Gasteiger partial charge on any atom is 0.317 e. The van der Waals surface area contributed by atoms with Crippen molar-refractivity contribution in [3.8, 4) is 0 Å². The van der Waals surface area contributed by atoms with E-state index in [-0.39, 0.29) is 12.6 Å². The van der Waals surface area contributed by atoms with E-state index in [1.54, 1.807) is 4.90 Å². The lowest BCUT2D eigenvalue weighted by molar-refractivity contribution is -0.138. The maximum atomic E-state index is 12.2. The van der Waals surface area contributed by atoms with E-state index in [0.29, 0.717) is 25.6 Å². The highest BCUT2D eigenvalue weighted by Gasteiger charge is 2.20. The summed E-state index contributed by atoms with van der Waals surface area (Å²) >= 11 is 0. The van der Waals surface area contributed by atoms with Gasteiger partial charge in [0, 0.05) is 32.7 Å². The third-order valence-electron chi connectivity index (χ3n) is 4.15. The van der Waals surface area contributed by atoms with Crippen molar-refractivity contribution in [2.75, 3.05) is 39.3 Å². The lowest BCUT2D eigenvalue weighted by Crippen LogP contribution is -2.44. The van der Waals surface area contributed by atoms with Crippen LogP contribution in [0.3, 0.4) is 0 Å². The number of amides is 2. The standard InChI is InChI=1S/C15H25N3O3/c19-14(20)12-17-7-4-8-18(10-9-17)15(21)16-11-13-5-2-1-3-6-13/h1-2,13H,3-12H2,(H,16,21)(H,19,20). The molecule has 1 aliphatic carbocycles. The Morgan fingerprint density at radius 1 is 1.19 bits per heavy atom. The monoisotopic (exact) mass is 295 g/mol. The molecule has 1 unspecified atom stereocenters. The van der Waals surface area contributed by atoms with E-state index in [9.17, 15) is 9.59 Å². The second kappa shape index (κ2) is 8.02. The number of carboxylic acids is 1. The molecule has 2 aliphatic rings. The predicted octanol–water partition coefficient (Wildman–Crippen LogP) is 1.14. The number of carbonyl (C=O) groups excluding carboxylic acids is 1. The number of carboxylic acid groups (broad SMARTS) is 1. The fraction of sp³-hybridized carbons (Fsp3) is 0.733. The Bertz CT molecular complexity index is 398. The molecular formula is C15H25N3O3. The van der Waals surface area contributed by atoms with E-state index >= 15 is 0 Å². The minimum Gasteiger partial charge on any atom is -0.480 e. The first kappa shape index (κ1) is 15.8. The average Bonchev–Trinajstić information content (AvgIpc) is 2.71. The van der Waals surface area contributed by atoms with Crippen LogP contribution in [-0.4, -0.2) is 66.2 Å². The summed E-state index contributed by atoms with van der Waals surface area (Å²) in [4.78, 5) is 26.6. The topological polar surface area (TPSA) is 72.9 Å². The van der Waals surface area contributed by atoms with Crippen molar-refractivity contribution in [1.82, 2.24) is 15.1 Å². The van der Waals surface area contributed by atoms with E-state index < -0.39 is 5.97 Å². The second-order valence-corrected chi connectivity index (χ2v) is 5.85. The maximum absolute atomic E-state index is 12.2. The van der Waals surface area contributed by atoms with Crippen LogP contribution >= 0.6 is 0 Å². The number of hydrogen-bond donors (Lipinski definition) is 2. The number of nitrogens with one attached hydrogen (secondary N) is 1. The fourth-order valence-corrected chi connectivity index (χ4v) is 2.91. The number of allylic oxidation sites excluding steroid dienone is 2. The highest BCUT2D eigenvalue weighted by Crippen LogP contribution is 2.17. The molecule has 2 N–H and O–H groups in total. The summed E-state index contributed by atoms with van der Waals surface area (Å²) in [5.74, 6) is -0.257. The lowest BCUT2D eigenvalue weighted by Gasteiger charge is -2.24. The van der Waals surface area contributed by atoms with Gasteiger partial charge >= 0.3 is 12.0 Å². The molecule has 2 rings (SSSR count). The van der Waals surface area contributed by atoms with Gasteiger partial charge in [0.1, 0.15) is 0 Å². The highest BCUT2D eigenvalue weighted by molar-refractivity contribution is 5.74. The van der Waals surface area contributed by atoms with Crippen LogP contribution in [0.2, 0.25) is 0 Å². The molecule has 1 heterocycles. The SMILES string of the molecule is O=C(O)CN1CCCN(C(=O)NCC2CC=CCC2)CC1. The molecule has 118 valence electrons. The normalized spacial score (nSPS) is 23.6. The van der Waals surface area contributed by atoms with Gasteiger partial charge in [-0.15, -0.1) is 0 Å². The molecule has 0 aromatic carbocycles. The van der Waals surface area contributed by atoms with Crippen molar-refractivity contribution in [2.45, 2.75) is 25.7 Å². The van der Waals surface area contributed by atoms with Gasteiger partial charge in [-0.05, 0) is 31.6 Å². The Morgan fingerprint density at radius 2 is 2.05 bits per heavy atom. The highest BCUT2D eigenvalue weighted by atomic mass is 16.4. The largest absolute Gasteiger partial charge is 0.480 e. The molecule has 0 saturated carbocycles. The molecule has 6 heteroatoms. The Balaban J connectivity index is 1.72. The van der Waals surface area contributed by atoms with Gasteiger partial charge < -0.3 is 15.3 Å². The Morgan fingerprint density at radius 3 is 2.76 bits per heavy atom. The van der Waals surface area contributed by atoms with Gasteiger partial charge in [0.05, 0.1) is 6.54 Å². The van der Waals surface area contributed by atoms with E-state index in [2.05, 4.69) is 17.5 Å². The second-order valence-electron chi connectivity index (χ2n) is 5.85. The van der Waals surface area contributed by atoms with Crippen molar-refractivity contribution in [1.29, 1.82) is 0 Å². The van der Waals surface area contributed by atoms with Crippen molar-refractivity contribution >= 4 is 12.0 Å². The quantitative estimate of drug-likeness (QED) is 0.763. The molecule has 0 aromatic heterocycles. The lowest BCUT2D eigenvalue weighted by atomic mass is 9.94. The van der Waals surface area contributed by atoms with Crippen LogP contribution in [0.15, 0.2) is 12.2 Å². The molecule has 1 atom stereocenters. The number of carbonyl (C=O) groups is 2. The Hall–Kier alpha value is -1.56. The summed E-state index contributed by atoms with van der Waals surface area (Å²) in [5, 5.41) is 11.8. The van der Waals surface area contributed by atoms with Crippen molar-refractivity contribution in [3.63, 3.8) is 0 Å². The van der Waals surface area contributed by atoms with Gasteiger partial charge in [-0.2, -0.15) is 0 Å². The van der Waals surface area contributed by atoms with Gasteiger partial charge in [0.2, 0.25) is 0 Å². The van der Waals surface area contributed by atoms with Gasteiger partial charge in [-0.3, -0.25) is 9.69 Å². The van der Waals surface area contributed by atoms with E-state index in [0.717, 1.165) is 38.8 Å². The molecule has 0 aromatic rings. The van der Waals surface area contributed by atoms with Gasteiger partial charge in [0.15, 0.2) is 0 Å². The van der Waals surface area contributed by atoms with Crippen molar-refractivity contribution in [2.24, 2.45) is 5.92 Å². The molecule has 1 aliphatic heterocycles. The number of aliphatic carboxylic acids is 1. The summed E-state index contributed by atoms with van der Waals surface area (Å²) in [7, 11) is 0. The molecule has 0 radical (unpaired) electrons. The molecule has 6 nitrogen and oxygen atoms in total. The van der Waals surface area contributed by atoms with Crippen molar-refractivity contribution in [3.05, 3.63) is 12.2 Å². The van der Waals surface area contributed by atoms with Crippen LogP contribution in [0.4, 0.5) is 4.79 Å². The Kier molecular flexibility index (Phi) is 6.04. The number of rotatable bonds is 4. The minimum atomic E-state index is -0.807. The third kappa shape index (κ3) is 5.38. The molecule has 2 amide bonds. The zero-order chi connectivity index (χ0) is 15.1. The number of nitrogens with zero attached hydrogens (tertiary/aromatic N) is 2. The molecule has 21 heavy (non-hydrogen) atoms. The summed E-state index contributed by atoms with van der Waals surface area (Å²) < 4.78 is 0. The number of hydrogen-bond acceptors (Lipinski definition) is 3. The molecule has 1 saturated heterocycles. The first-order valence-electron chi connectivity index (χ1n) is 7.77. The fourth-order valence-electron chi connectivity index (χ4n) is 2.91. The van der Waals surface area contributed by atoms with E-state index in [1.807, 2.05) is 4.90 Å². The zero-order valence-electron chi connectivity index (χ0n) is 12.5. The summed E-state index contributed by atoms with van der Waals surface area (Å²) in [6, 6.07) is -0.0123. The minimum absolute atomic E-state index is 0.0123. The smallest absolute Gasteiger partial charge is 0.317 e. The average molecular weight is 295 g/mol. The van der Waals surface area contributed by atoms with Crippen LogP contribution < -0.4 is 5.32 Å². The van der Waals surface area contributed by atoms with Crippen LogP contribution in [-0.2, 0) is 4.79 Å².